The van der Waals surface area contributed by atoms with Crippen molar-refractivity contribution in [2.75, 3.05) is 10.6 Å². The van der Waals surface area contributed by atoms with Gasteiger partial charge in [-0.05, 0) is 54.6 Å². The molecule has 0 aliphatic heterocycles. The summed E-state index contributed by atoms with van der Waals surface area (Å²) in [6.07, 6.45) is -1.56. The molecule has 0 aliphatic rings. The molecule has 0 atom stereocenters. The van der Waals surface area contributed by atoms with Gasteiger partial charge in [0, 0.05) is 17.6 Å². The smallest absolute Gasteiger partial charge is 0.417 e. The Bertz CT molecular complexity index is 1060. The Balaban J connectivity index is 1.61. The SMILES string of the molecule is O=C(Nc1ccc(Oc2cccnc2)cc1)C(=O)Nc1ccc(Cl)c(C(F)(F)F)c1. The first-order chi connectivity index (χ1) is 14.2. The van der Waals surface area contributed by atoms with Crippen molar-refractivity contribution in [2.24, 2.45) is 0 Å². The molecule has 0 aliphatic carbocycles. The summed E-state index contributed by atoms with van der Waals surface area (Å²) >= 11 is 5.53. The van der Waals surface area contributed by atoms with Crippen LogP contribution in [0.2, 0.25) is 5.02 Å². The molecule has 0 fully saturated rings. The number of hydrogen-bond donors (Lipinski definition) is 2. The van der Waals surface area contributed by atoms with Crippen LogP contribution in [0.3, 0.4) is 0 Å². The number of carbonyl (C=O) groups is 2. The number of carbonyl (C=O) groups excluding carboxylic acids is 2. The molecule has 0 bridgehead atoms. The van der Waals surface area contributed by atoms with Crippen LogP contribution in [0.15, 0.2) is 67.0 Å². The van der Waals surface area contributed by atoms with Gasteiger partial charge in [0.2, 0.25) is 0 Å². The third-order valence-electron chi connectivity index (χ3n) is 3.72. The van der Waals surface area contributed by atoms with E-state index in [9.17, 15) is 22.8 Å². The molecule has 3 aromatic rings. The first kappa shape index (κ1) is 21.1. The fourth-order valence-electron chi connectivity index (χ4n) is 2.35. The van der Waals surface area contributed by atoms with E-state index in [1.165, 1.54) is 18.3 Å². The second kappa shape index (κ2) is 8.83. The molecule has 1 heterocycles. The molecule has 0 spiro atoms. The number of aromatic nitrogens is 1. The summed E-state index contributed by atoms with van der Waals surface area (Å²) in [5.74, 6) is -1.19. The normalized spacial score (nSPS) is 10.9. The van der Waals surface area contributed by atoms with E-state index in [1.807, 2.05) is 0 Å². The van der Waals surface area contributed by atoms with Crippen molar-refractivity contribution in [3.63, 3.8) is 0 Å². The number of nitrogens with zero attached hydrogens (tertiary/aromatic N) is 1. The molecule has 0 saturated heterocycles. The van der Waals surface area contributed by atoms with E-state index in [0.717, 1.165) is 12.1 Å². The number of anilines is 2. The summed E-state index contributed by atoms with van der Waals surface area (Å²) in [4.78, 5) is 28.0. The van der Waals surface area contributed by atoms with E-state index >= 15 is 0 Å². The van der Waals surface area contributed by atoms with Crippen molar-refractivity contribution in [3.05, 3.63) is 77.6 Å². The molecule has 0 unspecified atom stereocenters. The number of alkyl halides is 3. The van der Waals surface area contributed by atoms with Crippen LogP contribution >= 0.6 is 11.6 Å². The van der Waals surface area contributed by atoms with Crippen LogP contribution in [-0.4, -0.2) is 16.8 Å². The number of ether oxygens (including phenoxy) is 1. The van der Waals surface area contributed by atoms with Gasteiger partial charge in [0.25, 0.3) is 0 Å². The van der Waals surface area contributed by atoms with E-state index in [4.69, 9.17) is 16.3 Å². The maximum absolute atomic E-state index is 12.9. The lowest BCUT2D eigenvalue weighted by molar-refractivity contribution is -0.137. The highest BCUT2D eigenvalue weighted by molar-refractivity contribution is 6.43. The van der Waals surface area contributed by atoms with Crippen molar-refractivity contribution in [1.82, 2.24) is 4.98 Å². The van der Waals surface area contributed by atoms with Gasteiger partial charge in [0.1, 0.15) is 11.5 Å². The van der Waals surface area contributed by atoms with E-state index in [-0.39, 0.29) is 5.69 Å². The quantitative estimate of drug-likeness (QED) is 0.557. The number of benzene rings is 2. The molecule has 0 saturated carbocycles. The van der Waals surface area contributed by atoms with Crippen LogP contribution < -0.4 is 15.4 Å². The molecule has 2 amide bonds. The van der Waals surface area contributed by atoms with Crippen LogP contribution in [0.5, 0.6) is 11.5 Å². The number of amides is 2. The third-order valence-corrected chi connectivity index (χ3v) is 4.05. The van der Waals surface area contributed by atoms with Gasteiger partial charge in [-0.1, -0.05) is 11.6 Å². The minimum absolute atomic E-state index is 0.216. The fourth-order valence-corrected chi connectivity index (χ4v) is 2.57. The van der Waals surface area contributed by atoms with Crippen molar-refractivity contribution in [1.29, 1.82) is 0 Å². The lowest BCUT2D eigenvalue weighted by atomic mass is 10.2. The monoisotopic (exact) mass is 435 g/mol. The molecule has 154 valence electrons. The van der Waals surface area contributed by atoms with Gasteiger partial charge in [-0.2, -0.15) is 13.2 Å². The van der Waals surface area contributed by atoms with Crippen LogP contribution in [0.1, 0.15) is 5.56 Å². The minimum Gasteiger partial charge on any atom is -0.456 e. The molecule has 30 heavy (non-hydrogen) atoms. The maximum atomic E-state index is 12.9. The van der Waals surface area contributed by atoms with Crippen LogP contribution in [-0.2, 0) is 15.8 Å². The molecule has 2 aromatic carbocycles. The largest absolute Gasteiger partial charge is 0.456 e. The minimum atomic E-state index is -4.69. The standard InChI is InChI=1S/C20H13ClF3N3O3/c21-17-8-5-13(10-16(17)20(22,23)24)27-19(29)18(28)26-12-3-6-14(7-4-12)30-15-2-1-9-25-11-15/h1-11H,(H,26,28)(H,27,29). The van der Waals surface area contributed by atoms with Crippen molar-refractivity contribution in [3.8, 4) is 11.5 Å². The molecule has 0 radical (unpaired) electrons. The highest BCUT2D eigenvalue weighted by Crippen LogP contribution is 2.36. The van der Waals surface area contributed by atoms with Crippen molar-refractivity contribution < 1.29 is 27.5 Å². The highest BCUT2D eigenvalue weighted by Gasteiger charge is 2.33. The molecular weight excluding hydrogens is 423 g/mol. The zero-order valence-electron chi connectivity index (χ0n) is 15.0. The summed E-state index contributed by atoms with van der Waals surface area (Å²) < 4.78 is 44.2. The van der Waals surface area contributed by atoms with Crippen LogP contribution in [0, 0.1) is 0 Å². The molecule has 2 N–H and O–H groups in total. The van der Waals surface area contributed by atoms with E-state index in [1.54, 1.807) is 30.5 Å². The maximum Gasteiger partial charge on any atom is 0.417 e. The van der Waals surface area contributed by atoms with Crippen LogP contribution in [0.25, 0.3) is 0 Å². The summed E-state index contributed by atoms with van der Waals surface area (Å²) in [6.45, 7) is 0. The van der Waals surface area contributed by atoms with Gasteiger partial charge in [-0.25, -0.2) is 0 Å². The Morgan fingerprint density at radius 2 is 1.53 bits per heavy atom. The Morgan fingerprint density at radius 3 is 2.13 bits per heavy atom. The van der Waals surface area contributed by atoms with Gasteiger partial charge in [0.05, 0.1) is 16.8 Å². The molecule has 6 nitrogen and oxygen atoms in total. The number of nitrogens with one attached hydrogen (secondary N) is 2. The van der Waals surface area contributed by atoms with E-state index < -0.39 is 28.6 Å². The zero-order chi connectivity index (χ0) is 21.7. The molecular formula is C20H13ClF3N3O3. The molecule has 10 heteroatoms. The first-order valence-corrected chi connectivity index (χ1v) is 8.77. The number of pyridine rings is 1. The second-order valence-electron chi connectivity index (χ2n) is 5.92. The van der Waals surface area contributed by atoms with Crippen molar-refractivity contribution in [2.45, 2.75) is 6.18 Å². The Hall–Kier alpha value is -3.59. The van der Waals surface area contributed by atoms with Gasteiger partial charge in [0.15, 0.2) is 0 Å². The van der Waals surface area contributed by atoms with Crippen molar-refractivity contribution >= 4 is 34.8 Å². The Labute approximate surface area is 173 Å². The van der Waals surface area contributed by atoms with Crippen LogP contribution in [0.4, 0.5) is 24.5 Å². The average Bonchev–Trinajstić information content (AvgIpc) is 2.71. The van der Waals surface area contributed by atoms with Gasteiger partial charge >= 0.3 is 18.0 Å². The number of hydrogen-bond acceptors (Lipinski definition) is 4. The summed E-state index contributed by atoms with van der Waals surface area (Å²) in [5.41, 5.74) is -1.04. The Kier molecular flexibility index (Phi) is 6.22. The van der Waals surface area contributed by atoms with Gasteiger partial charge < -0.3 is 15.4 Å². The number of halogens is 4. The first-order valence-electron chi connectivity index (χ1n) is 8.39. The highest BCUT2D eigenvalue weighted by atomic mass is 35.5. The lowest BCUT2D eigenvalue weighted by Crippen LogP contribution is -2.29. The zero-order valence-corrected chi connectivity index (χ0v) is 15.8. The topological polar surface area (TPSA) is 80.3 Å². The second-order valence-corrected chi connectivity index (χ2v) is 6.32. The fraction of sp³-hybridized carbons (Fsp3) is 0.0500. The summed E-state index contributed by atoms with van der Waals surface area (Å²) in [6, 6.07) is 12.4. The Morgan fingerprint density at radius 1 is 0.900 bits per heavy atom. The van der Waals surface area contributed by atoms with Gasteiger partial charge in [-0.3, -0.25) is 14.6 Å². The predicted octanol–water partition coefficient (Wildman–Crippen LogP) is 5.12. The summed E-state index contributed by atoms with van der Waals surface area (Å²) in [5, 5.41) is 3.93. The van der Waals surface area contributed by atoms with E-state index in [0.29, 0.717) is 23.3 Å². The lowest BCUT2D eigenvalue weighted by Gasteiger charge is -2.12. The summed E-state index contributed by atoms with van der Waals surface area (Å²) in [7, 11) is 0. The van der Waals surface area contributed by atoms with E-state index in [2.05, 4.69) is 15.6 Å². The van der Waals surface area contributed by atoms with Gasteiger partial charge in [-0.15, -0.1) is 0 Å². The third kappa shape index (κ3) is 5.48. The number of rotatable bonds is 4. The predicted molar refractivity (Wildman–Crippen MR) is 104 cm³/mol. The molecule has 3 rings (SSSR count). The molecule has 1 aromatic heterocycles. The average molecular weight is 436 g/mol.